The lowest BCUT2D eigenvalue weighted by Crippen LogP contribution is -2.53. The smallest absolute Gasteiger partial charge is 0.336 e. The molecule has 0 saturated carbocycles. The molecule has 2 aromatic rings. The van der Waals surface area contributed by atoms with Crippen molar-refractivity contribution in [1.29, 1.82) is 0 Å². The lowest BCUT2D eigenvalue weighted by molar-refractivity contribution is -0.462. The Hall–Kier alpha value is -3.03. The van der Waals surface area contributed by atoms with Crippen molar-refractivity contribution in [3.05, 3.63) is 88.2 Å². The summed E-state index contributed by atoms with van der Waals surface area (Å²) in [5.74, 6) is 0.472. The zero-order valence-corrected chi connectivity index (χ0v) is 24.5. The van der Waals surface area contributed by atoms with Crippen LogP contribution in [0.3, 0.4) is 0 Å². The van der Waals surface area contributed by atoms with E-state index in [2.05, 4.69) is 59.4 Å². The fourth-order valence-electron chi connectivity index (χ4n) is 5.35. The highest BCUT2D eigenvalue weighted by Gasteiger charge is 2.44. The highest BCUT2D eigenvalue weighted by molar-refractivity contribution is 7.85. The van der Waals surface area contributed by atoms with E-state index in [0.29, 0.717) is 11.3 Å². The number of nitrogens with zero attached hydrogens (tertiary/aromatic N) is 2. The molecule has 2 aromatic carbocycles. The van der Waals surface area contributed by atoms with Crippen LogP contribution < -0.4 is 10.1 Å². The van der Waals surface area contributed by atoms with E-state index in [1.54, 1.807) is 12.1 Å². The van der Waals surface area contributed by atoms with Gasteiger partial charge in [0.2, 0.25) is 0 Å². The van der Waals surface area contributed by atoms with Crippen LogP contribution in [0.2, 0.25) is 12.6 Å². The summed E-state index contributed by atoms with van der Waals surface area (Å²) in [6.07, 6.45) is 7.48. The molecule has 0 aromatic heterocycles. The molecule has 1 N–H and O–H groups in total. The molecule has 1 aliphatic carbocycles. The molecule has 37 heavy (non-hydrogen) atoms. The van der Waals surface area contributed by atoms with Gasteiger partial charge in [-0.3, -0.25) is 4.21 Å². The maximum absolute atomic E-state index is 12.9. The second kappa shape index (κ2) is 10.8. The van der Waals surface area contributed by atoms with E-state index in [9.17, 15) is 14.1 Å². The molecule has 0 bridgehead atoms. The van der Waals surface area contributed by atoms with Crippen LogP contribution >= 0.6 is 0 Å². The number of hydrogen-bond acceptors (Lipinski definition) is 3. The van der Waals surface area contributed by atoms with E-state index in [0.717, 1.165) is 51.9 Å². The molecule has 2 unspecified atom stereocenters. The average Bonchev–Trinajstić information content (AvgIpc) is 2.87. The Bertz CT molecular complexity index is 1400. The van der Waals surface area contributed by atoms with Gasteiger partial charge in [-0.25, -0.2) is 9.37 Å². The topological polar surface area (TPSA) is 60.6 Å². The van der Waals surface area contributed by atoms with Crippen LogP contribution in [0.1, 0.15) is 34.8 Å². The largest absolute Gasteiger partial charge is 0.478 e. The summed E-state index contributed by atoms with van der Waals surface area (Å²) in [7, 11) is 4.96. The zero-order chi connectivity index (χ0) is 26.9. The number of benzene rings is 2. The number of rotatable bonds is 8. The molecule has 194 valence electrons. The monoisotopic (exact) mass is 533 g/mol. The average molecular weight is 534 g/mol. The molecule has 1 heterocycles. The van der Waals surface area contributed by atoms with Crippen molar-refractivity contribution in [3.8, 4) is 0 Å². The van der Waals surface area contributed by atoms with E-state index in [4.69, 9.17) is 0 Å². The minimum Gasteiger partial charge on any atom is -0.478 e. The summed E-state index contributed by atoms with van der Waals surface area (Å²) in [6, 6.07) is 14.7. The standard InChI is InChI=1S/C30H36N2O3SSi/c1-7-16-36(35)17-18-37(6)27-19-21(31(2)3)12-14-25(27)29(23-10-8-9-11-24(23)30(33)34)26-15-13-22(32(4)5)20-28(26)37/h8-15,19-20H,7,16-18H2,1-6H3/p+1. The number of carboxylic acid groups (broad SMARTS) is 1. The predicted molar refractivity (Wildman–Crippen MR) is 159 cm³/mol. The van der Waals surface area contributed by atoms with E-state index in [-0.39, 0.29) is 0 Å². The summed E-state index contributed by atoms with van der Waals surface area (Å²) >= 11 is 0. The summed E-state index contributed by atoms with van der Waals surface area (Å²) in [6.45, 7) is 4.47. The Morgan fingerprint density at radius 3 is 2.43 bits per heavy atom. The van der Waals surface area contributed by atoms with Crippen molar-refractivity contribution < 1.29 is 18.7 Å². The fraction of sp³-hybridized carbons (Fsp3) is 0.333. The lowest BCUT2D eigenvalue weighted by atomic mass is 9.87. The van der Waals surface area contributed by atoms with Crippen molar-refractivity contribution in [2.24, 2.45) is 0 Å². The van der Waals surface area contributed by atoms with Gasteiger partial charge in [0.1, 0.15) is 22.2 Å². The second-order valence-corrected chi connectivity index (χ2v) is 16.3. The third-order valence-electron chi connectivity index (χ3n) is 7.46. The van der Waals surface area contributed by atoms with E-state index >= 15 is 0 Å². The number of aromatic carboxylic acids is 1. The molecule has 1 aliphatic heterocycles. The highest BCUT2D eigenvalue weighted by Crippen LogP contribution is 2.44. The summed E-state index contributed by atoms with van der Waals surface area (Å²) < 4.78 is 15.0. The first-order valence-electron chi connectivity index (χ1n) is 12.8. The highest BCUT2D eigenvalue weighted by atomic mass is 32.2. The molecule has 7 heteroatoms. The van der Waals surface area contributed by atoms with Crippen LogP contribution in [0.15, 0.2) is 71.5 Å². The van der Waals surface area contributed by atoms with Crippen molar-refractivity contribution >= 4 is 47.0 Å². The van der Waals surface area contributed by atoms with Crippen molar-refractivity contribution in [3.63, 3.8) is 0 Å². The quantitative estimate of drug-likeness (QED) is 0.402. The van der Waals surface area contributed by atoms with Gasteiger partial charge in [0.15, 0.2) is 5.71 Å². The Labute approximate surface area is 224 Å². The Balaban J connectivity index is 2.07. The van der Waals surface area contributed by atoms with Crippen LogP contribution in [-0.4, -0.2) is 73.3 Å². The van der Waals surface area contributed by atoms with Crippen molar-refractivity contribution in [2.75, 3.05) is 44.6 Å². The first-order valence-corrected chi connectivity index (χ1v) is 17.0. The summed E-state index contributed by atoms with van der Waals surface area (Å²) in [5, 5.41) is 12.6. The van der Waals surface area contributed by atoms with Gasteiger partial charge < -0.3 is 10.0 Å². The maximum Gasteiger partial charge on any atom is 0.336 e. The number of fused-ring (bicyclic) bond motifs is 2. The molecule has 0 spiro atoms. The van der Waals surface area contributed by atoms with Crippen LogP contribution in [-0.2, 0) is 10.8 Å². The summed E-state index contributed by atoms with van der Waals surface area (Å²) in [5.41, 5.74) is 6.43. The van der Waals surface area contributed by atoms with E-state index in [1.807, 2.05) is 40.3 Å². The molecule has 2 atom stereocenters. The molecule has 2 aliphatic rings. The Kier molecular flexibility index (Phi) is 7.85. The molecular formula is C30H37N2O3SSi+. The third-order valence-corrected chi connectivity index (χ3v) is 13.8. The number of carbonyl (C=O) groups is 1. The molecular weight excluding hydrogens is 496 g/mol. The molecule has 4 rings (SSSR count). The second-order valence-electron chi connectivity index (χ2n) is 10.4. The lowest BCUT2D eigenvalue weighted by Gasteiger charge is -2.40. The van der Waals surface area contributed by atoms with Gasteiger partial charge in [-0.15, -0.1) is 0 Å². The zero-order valence-electron chi connectivity index (χ0n) is 22.7. The van der Waals surface area contributed by atoms with Crippen LogP contribution in [0.5, 0.6) is 0 Å². The van der Waals surface area contributed by atoms with Gasteiger partial charge in [0.25, 0.3) is 0 Å². The predicted octanol–water partition coefficient (Wildman–Crippen LogP) is 4.46. The maximum atomic E-state index is 12.9. The molecule has 0 amide bonds. The normalized spacial score (nSPS) is 19.2. The van der Waals surface area contributed by atoms with Crippen molar-refractivity contribution in [1.82, 2.24) is 0 Å². The number of anilines is 1. The summed E-state index contributed by atoms with van der Waals surface area (Å²) in [4.78, 5) is 14.4. The minimum absolute atomic E-state index is 0.303. The number of allylic oxidation sites excluding steroid dienone is 5. The van der Waals surface area contributed by atoms with E-state index < -0.39 is 24.8 Å². The molecule has 0 saturated heterocycles. The van der Waals surface area contributed by atoms with Crippen LogP contribution in [0, 0.1) is 0 Å². The first-order chi connectivity index (χ1) is 17.6. The Morgan fingerprint density at radius 2 is 1.78 bits per heavy atom. The number of carboxylic acids is 1. The van der Waals surface area contributed by atoms with Gasteiger partial charge in [0.05, 0.1) is 5.56 Å². The van der Waals surface area contributed by atoms with Crippen LogP contribution in [0.4, 0.5) is 5.69 Å². The Morgan fingerprint density at radius 1 is 1.05 bits per heavy atom. The minimum atomic E-state index is -2.36. The molecule has 0 radical (unpaired) electrons. The van der Waals surface area contributed by atoms with Gasteiger partial charge in [0, 0.05) is 54.2 Å². The van der Waals surface area contributed by atoms with Crippen LogP contribution in [0.25, 0.3) is 5.57 Å². The fourth-order valence-corrected chi connectivity index (χ4v) is 11.9. The third kappa shape index (κ3) is 5.07. The van der Waals surface area contributed by atoms with Gasteiger partial charge >= 0.3 is 5.97 Å². The SMILES string of the molecule is CCCS(=O)CC[Si]1(C)C2=CC(=[N+](C)C)C=CC2=C(c2ccccc2C(=O)O)c2ccc(N(C)C)cc21. The van der Waals surface area contributed by atoms with Gasteiger partial charge in [-0.05, 0) is 69.4 Å². The molecule has 0 fully saturated rings. The van der Waals surface area contributed by atoms with Gasteiger partial charge in [-0.1, -0.05) is 37.7 Å². The number of hydrogen-bond donors (Lipinski definition) is 1. The van der Waals surface area contributed by atoms with Crippen molar-refractivity contribution in [2.45, 2.75) is 25.9 Å². The van der Waals surface area contributed by atoms with Gasteiger partial charge in [-0.2, -0.15) is 0 Å². The first kappa shape index (κ1) is 27.0. The van der Waals surface area contributed by atoms with E-state index in [1.165, 1.54) is 10.4 Å². The molecule has 5 nitrogen and oxygen atoms in total.